The molecule has 4 nitrogen and oxygen atoms in total. The van der Waals surface area contributed by atoms with E-state index in [-0.39, 0.29) is 33.1 Å². The van der Waals surface area contributed by atoms with E-state index in [2.05, 4.69) is 15.9 Å². The highest BCUT2D eigenvalue weighted by atomic mass is 79.9. The fourth-order valence-corrected chi connectivity index (χ4v) is 1.61. The van der Waals surface area contributed by atoms with Crippen molar-refractivity contribution in [3.63, 3.8) is 0 Å². The number of carbonyl (C=O) groups excluding carboxylic acids is 1. The fourth-order valence-electron chi connectivity index (χ4n) is 1.14. The van der Waals surface area contributed by atoms with E-state index in [4.69, 9.17) is 4.74 Å². The van der Waals surface area contributed by atoms with Gasteiger partial charge in [-0.25, -0.2) is 0 Å². The minimum atomic E-state index is -0.333. The SMILES string of the molecule is COc1c(Br)c(O)cc(O)c1C(C)=O. The number of halogens is 1. The quantitative estimate of drug-likeness (QED) is 0.800. The molecule has 0 atom stereocenters. The molecule has 1 aromatic rings. The summed E-state index contributed by atoms with van der Waals surface area (Å²) in [6.45, 7) is 1.31. The van der Waals surface area contributed by atoms with E-state index in [1.54, 1.807) is 0 Å². The summed E-state index contributed by atoms with van der Waals surface area (Å²) >= 11 is 3.06. The molecule has 0 bridgehead atoms. The van der Waals surface area contributed by atoms with E-state index in [1.807, 2.05) is 0 Å². The predicted molar refractivity (Wildman–Crippen MR) is 54.0 cm³/mol. The summed E-state index contributed by atoms with van der Waals surface area (Å²) in [4.78, 5) is 11.2. The van der Waals surface area contributed by atoms with Crippen molar-refractivity contribution in [1.82, 2.24) is 0 Å². The van der Waals surface area contributed by atoms with E-state index >= 15 is 0 Å². The Balaban J connectivity index is 3.55. The van der Waals surface area contributed by atoms with Crippen molar-refractivity contribution < 1.29 is 19.7 Å². The number of methoxy groups -OCH3 is 1. The van der Waals surface area contributed by atoms with Gasteiger partial charge >= 0.3 is 0 Å². The number of ether oxygens (including phenoxy) is 1. The molecule has 0 amide bonds. The number of Topliss-reactive ketones (excluding diaryl/α,β-unsaturated/α-hetero) is 1. The molecule has 0 aromatic heterocycles. The topological polar surface area (TPSA) is 66.8 Å². The van der Waals surface area contributed by atoms with E-state index in [0.717, 1.165) is 6.07 Å². The van der Waals surface area contributed by atoms with Crippen molar-refractivity contribution in [2.45, 2.75) is 6.92 Å². The highest BCUT2D eigenvalue weighted by Gasteiger charge is 2.19. The van der Waals surface area contributed by atoms with Crippen molar-refractivity contribution in [2.24, 2.45) is 0 Å². The van der Waals surface area contributed by atoms with Crippen LogP contribution in [0.3, 0.4) is 0 Å². The maximum absolute atomic E-state index is 11.2. The summed E-state index contributed by atoms with van der Waals surface area (Å²) in [5.74, 6) is -0.672. The molecular formula is C9H9BrO4. The summed E-state index contributed by atoms with van der Waals surface area (Å²) < 4.78 is 5.16. The second-order valence-corrected chi connectivity index (χ2v) is 3.49. The number of phenolic OH excluding ortho intramolecular Hbond substituents is 2. The molecule has 0 saturated heterocycles. The third-order valence-electron chi connectivity index (χ3n) is 1.74. The average Bonchev–Trinajstić information content (AvgIpc) is 2.09. The van der Waals surface area contributed by atoms with Gasteiger partial charge in [-0.3, -0.25) is 4.79 Å². The van der Waals surface area contributed by atoms with Gasteiger partial charge in [-0.15, -0.1) is 0 Å². The van der Waals surface area contributed by atoms with Gasteiger partial charge in [0.1, 0.15) is 21.5 Å². The monoisotopic (exact) mass is 260 g/mol. The number of carbonyl (C=O) groups is 1. The Morgan fingerprint density at radius 2 is 2.00 bits per heavy atom. The third-order valence-corrected chi connectivity index (χ3v) is 2.50. The van der Waals surface area contributed by atoms with E-state index in [1.165, 1.54) is 14.0 Å². The van der Waals surface area contributed by atoms with Crippen molar-refractivity contribution in [2.75, 3.05) is 7.11 Å². The zero-order valence-electron chi connectivity index (χ0n) is 7.67. The lowest BCUT2D eigenvalue weighted by molar-refractivity contribution is 0.101. The number of benzene rings is 1. The lowest BCUT2D eigenvalue weighted by atomic mass is 10.1. The first-order valence-electron chi connectivity index (χ1n) is 3.78. The number of rotatable bonds is 2. The normalized spacial score (nSPS) is 9.93. The average molecular weight is 261 g/mol. The molecule has 0 saturated carbocycles. The predicted octanol–water partition coefficient (Wildman–Crippen LogP) is 2.07. The van der Waals surface area contributed by atoms with Crippen LogP contribution in [0.1, 0.15) is 17.3 Å². The molecule has 0 heterocycles. The molecule has 0 aliphatic carbocycles. The molecular weight excluding hydrogens is 252 g/mol. The molecule has 14 heavy (non-hydrogen) atoms. The molecule has 2 N–H and O–H groups in total. The van der Waals surface area contributed by atoms with Gasteiger partial charge in [0.25, 0.3) is 0 Å². The largest absolute Gasteiger partial charge is 0.507 e. The third kappa shape index (κ3) is 1.68. The first-order valence-corrected chi connectivity index (χ1v) is 4.57. The van der Waals surface area contributed by atoms with Gasteiger partial charge in [0, 0.05) is 6.07 Å². The molecule has 76 valence electrons. The summed E-state index contributed by atoms with van der Waals surface area (Å²) in [5, 5.41) is 18.7. The number of hydrogen-bond acceptors (Lipinski definition) is 4. The standard InChI is InChI=1S/C9H9BrO4/c1-4(11)7-5(12)3-6(13)8(10)9(7)14-2/h3,12-13H,1-2H3. The maximum atomic E-state index is 11.2. The molecule has 0 aliphatic rings. The van der Waals surface area contributed by atoms with E-state index < -0.39 is 0 Å². The van der Waals surface area contributed by atoms with Gasteiger partial charge < -0.3 is 14.9 Å². The molecule has 1 aromatic carbocycles. The van der Waals surface area contributed by atoms with Gasteiger partial charge in [0.05, 0.1) is 7.11 Å². The molecule has 0 radical (unpaired) electrons. The Kier molecular flexibility index (Phi) is 3.00. The first kappa shape index (κ1) is 10.8. The van der Waals surface area contributed by atoms with Gasteiger partial charge in [-0.05, 0) is 22.9 Å². The lowest BCUT2D eigenvalue weighted by Gasteiger charge is -2.10. The van der Waals surface area contributed by atoms with Crippen LogP contribution in [0.4, 0.5) is 0 Å². The van der Waals surface area contributed by atoms with Gasteiger partial charge in [-0.1, -0.05) is 0 Å². The zero-order chi connectivity index (χ0) is 10.9. The number of hydrogen-bond donors (Lipinski definition) is 2. The van der Waals surface area contributed by atoms with Gasteiger partial charge in [-0.2, -0.15) is 0 Å². The molecule has 0 spiro atoms. The van der Waals surface area contributed by atoms with Crippen LogP contribution < -0.4 is 4.74 Å². The second-order valence-electron chi connectivity index (χ2n) is 2.69. The second kappa shape index (κ2) is 3.88. The maximum Gasteiger partial charge on any atom is 0.167 e. The molecule has 1 rings (SSSR count). The van der Waals surface area contributed by atoms with E-state index in [0.29, 0.717) is 0 Å². The summed E-state index contributed by atoms with van der Waals surface area (Å²) in [7, 11) is 1.35. The Morgan fingerprint density at radius 1 is 1.43 bits per heavy atom. The first-order chi connectivity index (χ1) is 6.49. The van der Waals surface area contributed by atoms with Gasteiger partial charge in [0.15, 0.2) is 11.5 Å². The Labute approximate surface area is 89.3 Å². The van der Waals surface area contributed by atoms with Crippen LogP contribution in [0.2, 0.25) is 0 Å². The van der Waals surface area contributed by atoms with E-state index in [9.17, 15) is 15.0 Å². The van der Waals surface area contributed by atoms with Crippen LogP contribution in [0.25, 0.3) is 0 Å². The molecule has 0 fully saturated rings. The van der Waals surface area contributed by atoms with Crippen molar-refractivity contribution in [3.8, 4) is 17.2 Å². The van der Waals surface area contributed by atoms with Crippen molar-refractivity contribution in [3.05, 3.63) is 16.1 Å². The van der Waals surface area contributed by atoms with Crippen LogP contribution in [-0.2, 0) is 0 Å². The van der Waals surface area contributed by atoms with Crippen LogP contribution >= 0.6 is 15.9 Å². The summed E-state index contributed by atoms with van der Waals surface area (Å²) in [6.07, 6.45) is 0. The fraction of sp³-hybridized carbons (Fsp3) is 0.222. The molecule has 5 heteroatoms. The van der Waals surface area contributed by atoms with Crippen LogP contribution in [0.15, 0.2) is 10.5 Å². The van der Waals surface area contributed by atoms with Crippen LogP contribution in [-0.4, -0.2) is 23.1 Å². The Hall–Kier alpha value is -1.23. The summed E-state index contributed by atoms with van der Waals surface area (Å²) in [6, 6.07) is 1.09. The van der Waals surface area contributed by atoms with Crippen molar-refractivity contribution >= 4 is 21.7 Å². The smallest absolute Gasteiger partial charge is 0.167 e. The van der Waals surface area contributed by atoms with Crippen molar-refractivity contribution in [1.29, 1.82) is 0 Å². The number of phenols is 2. The Morgan fingerprint density at radius 3 is 2.43 bits per heavy atom. The minimum absolute atomic E-state index is 0.0529. The lowest BCUT2D eigenvalue weighted by Crippen LogP contribution is -1.99. The minimum Gasteiger partial charge on any atom is -0.507 e. The molecule has 0 unspecified atom stereocenters. The Bertz CT molecular complexity index is 387. The highest BCUT2D eigenvalue weighted by molar-refractivity contribution is 9.10. The van der Waals surface area contributed by atoms with Crippen LogP contribution in [0, 0.1) is 0 Å². The molecule has 0 aliphatic heterocycles. The van der Waals surface area contributed by atoms with Gasteiger partial charge in [0.2, 0.25) is 0 Å². The summed E-state index contributed by atoms with van der Waals surface area (Å²) in [5.41, 5.74) is 0.0529. The highest BCUT2D eigenvalue weighted by Crippen LogP contribution is 2.41. The number of aromatic hydroxyl groups is 2. The van der Waals surface area contributed by atoms with Crippen LogP contribution in [0.5, 0.6) is 17.2 Å². The zero-order valence-corrected chi connectivity index (χ0v) is 9.25. The number of ketones is 1.